The van der Waals surface area contributed by atoms with Crippen molar-refractivity contribution in [2.24, 2.45) is 0 Å². The van der Waals surface area contributed by atoms with Crippen molar-refractivity contribution in [3.8, 4) is 0 Å². The normalized spacial score (nSPS) is 18.4. The van der Waals surface area contributed by atoms with Crippen molar-refractivity contribution in [1.29, 1.82) is 0 Å². The van der Waals surface area contributed by atoms with Crippen molar-refractivity contribution in [3.05, 3.63) is 177 Å². The fraction of sp³-hybridized carbons (Fsp3) is 0.211. The highest BCUT2D eigenvalue weighted by Crippen LogP contribution is 2.38. The molecule has 2 atom stereocenters. The highest BCUT2D eigenvalue weighted by atomic mass is 14.3. The molecule has 5 aromatic rings. The molecule has 0 aromatic heterocycles. The van der Waals surface area contributed by atoms with Gasteiger partial charge in [-0.1, -0.05) is 121 Å². The lowest BCUT2D eigenvalue weighted by atomic mass is 9.77. The topological polar surface area (TPSA) is 0 Å². The first-order chi connectivity index (χ1) is 18.8. The Kier molecular flexibility index (Phi) is 6.18. The molecule has 0 nitrogen and oxygen atoms in total. The molecule has 0 aliphatic heterocycles. The molecule has 2 aliphatic rings. The third-order valence-corrected chi connectivity index (χ3v) is 9.01. The van der Waals surface area contributed by atoms with Gasteiger partial charge in [-0.25, -0.2) is 0 Å². The molecule has 0 amide bonds. The number of fused-ring (bicyclic) bond motifs is 4. The Bertz CT molecular complexity index is 1450. The molecule has 0 spiro atoms. The standard InChI is InChI=1S/C38H34/c1-3-13-33-25-37(35-15-7-5-11-29(35)19-17-27(33)9-1)31-21-23-32(24-22-31)38-26-34-14-4-2-10-28(34)18-20-30-12-6-8-16-36(30)38/h1-16,21-24,37-38H,17-20,25-26H2/t37-,38?/m0/s1. The first kappa shape index (κ1) is 23.2. The van der Waals surface area contributed by atoms with Crippen LogP contribution in [0.2, 0.25) is 0 Å². The Hall–Kier alpha value is -3.90. The second-order valence-corrected chi connectivity index (χ2v) is 11.1. The van der Waals surface area contributed by atoms with Crippen LogP contribution in [-0.4, -0.2) is 0 Å². The summed E-state index contributed by atoms with van der Waals surface area (Å²) in [5.74, 6) is 0.763. The molecule has 0 saturated carbocycles. The highest BCUT2D eigenvalue weighted by Gasteiger charge is 2.24. The lowest BCUT2D eigenvalue weighted by Crippen LogP contribution is -2.15. The van der Waals surface area contributed by atoms with Gasteiger partial charge in [-0.2, -0.15) is 0 Å². The number of hydrogen-bond acceptors (Lipinski definition) is 0. The largest absolute Gasteiger partial charge is 0.0620 e. The molecule has 0 heteroatoms. The zero-order chi connectivity index (χ0) is 25.3. The minimum Gasteiger partial charge on any atom is -0.0620 e. The molecule has 5 aromatic carbocycles. The molecule has 186 valence electrons. The summed E-state index contributed by atoms with van der Waals surface area (Å²) < 4.78 is 0. The molecule has 0 heterocycles. The van der Waals surface area contributed by atoms with Crippen molar-refractivity contribution in [3.63, 3.8) is 0 Å². The van der Waals surface area contributed by atoms with Gasteiger partial charge in [-0.15, -0.1) is 0 Å². The molecule has 7 rings (SSSR count). The van der Waals surface area contributed by atoms with Crippen molar-refractivity contribution in [2.75, 3.05) is 0 Å². The summed E-state index contributed by atoms with van der Waals surface area (Å²) in [6.07, 6.45) is 6.60. The van der Waals surface area contributed by atoms with E-state index in [2.05, 4.69) is 121 Å². The number of benzene rings is 5. The Morgan fingerprint density at radius 3 is 1.05 bits per heavy atom. The van der Waals surface area contributed by atoms with Gasteiger partial charge in [0.1, 0.15) is 0 Å². The van der Waals surface area contributed by atoms with Crippen LogP contribution in [0.4, 0.5) is 0 Å². The van der Waals surface area contributed by atoms with Gasteiger partial charge in [-0.05, 0) is 94.2 Å². The SMILES string of the molecule is c1ccc2c(c1)CCc1ccccc1C(c1ccc([C@@H]3Cc4ccccc4CCc4ccccc43)cc1)C2. The zero-order valence-corrected chi connectivity index (χ0v) is 21.9. The molecule has 1 unspecified atom stereocenters. The Balaban J connectivity index is 1.28. The molecular weight excluding hydrogens is 456 g/mol. The summed E-state index contributed by atoms with van der Waals surface area (Å²) in [5, 5.41) is 0. The van der Waals surface area contributed by atoms with E-state index in [1.807, 2.05) is 0 Å². The van der Waals surface area contributed by atoms with Crippen LogP contribution in [0.5, 0.6) is 0 Å². The lowest BCUT2D eigenvalue weighted by Gasteiger charge is -2.27. The third-order valence-electron chi connectivity index (χ3n) is 9.01. The highest BCUT2D eigenvalue weighted by molar-refractivity contribution is 5.47. The Morgan fingerprint density at radius 1 is 0.316 bits per heavy atom. The van der Waals surface area contributed by atoms with Crippen LogP contribution in [0.15, 0.2) is 121 Å². The summed E-state index contributed by atoms with van der Waals surface area (Å²) in [6.45, 7) is 0. The van der Waals surface area contributed by atoms with Crippen LogP contribution in [-0.2, 0) is 38.5 Å². The Labute approximate surface area is 227 Å². The van der Waals surface area contributed by atoms with Crippen molar-refractivity contribution in [1.82, 2.24) is 0 Å². The van der Waals surface area contributed by atoms with E-state index in [-0.39, 0.29) is 0 Å². The lowest BCUT2D eigenvalue weighted by molar-refractivity contribution is 0.740. The fourth-order valence-electron chi connectivity index (χ4n) is 6.96. The second-order valence-electron chi connectivity index (χ2n) is 11.1. The first-order valence-electron chi connectivity index (χ1n) is 14.2. The van der Waals surface area contributed by atoms with Gasteiger partial charge < -0.3 is 0 Å². The van der Waals surface area contributed by atoms with Gasteiger partial charge in [0, 0.05) is 11.8 Å². The smallest absolute Gasteiger partial charge is 0.0133 e. The maximum atomic E-state index is 2.42. The van der Waals surface area contributed by atoms with Crippen molar-refractivity contribution < 1.29 is 0 Å². The maximum Gasteiger partial charge on any atom is 0.0133 e. The summed E-state index contributed by atoms with van der Waals surface area (Å²) in [6, 6.07) is 46.1. The predicted octanol–water partition coefficient (Wildman–Crippen LogP) is 8.63. The van der Waals surface area contributed by atoms with Crippen LogP contribution in [0.3, 0.4) is 0 Å². The van der Waals surface area contributed by atoms with Gasteiger partial charge in [-0.3, -0.25) is 0 Å². The van der Waals surface area contributed by atoms with Crippen LogP contribution in [0.1, 0.15) is 67.5 Å². The molecule has 0 fully saturated rings. The molecular formula is C38H34. The first-order valence-corrected chi connectivity index (χ1v) is 14.2. The zero-order valence-electron chi connectivity index (χ0n) is 21.9. The number of rotatable bonds is 2. The minimum absolute atomic E-state index is 0.382. The minimum atomic E-state index is 0.382. The average molecular weight is 491 g/mol. The molecule has 0 bridgehead atoms. The van der Waals surface area contributed by atoms with Gasteiger partial charge >= 0.3 is 0 Å². The molecule has 0 saturated heterocycles. The second kappa shape index (κ2) is 10.1. The summed E-state index contributed by atoms with van der Waals surface area (Å²) in [4.78, 5) is 0. The summed E-state index contributed by atoms with van der Waals surface area (Å²) in [7, 11) is 0. The quantitative estimate of drug-likeness (QED) is 0.232. The summed E-state index contributed by atoms with van der Waals surface area (Å²) in [5.41, 5.74) is 14.9. The van der Waals surface area contributed by atoms with Crippen molar-refractivity contribution in [2.45, 2.75) is 50.4 Å². The van der Waals surface area contributed by atoms with Gasteiger partial charge in [0.15, 0.2) is 0 Å². The van der Waals surface area contributed by atoms with E-state index in [1.165, 1.54) is 55.6 Å². The third kappa shape index (κ3) is 4.39. The van der Waals surface area contributed by atoms with E-state index >= 15 is 0 Å². The van der Waals surface area contributed by atoms with E-state index in [0.717, 1.165) is 38.5 Å². The Morgan fingerprint density at radius 2 is 0.632 bits per heavy atom. The maximum absolute atomic E-state index is 2.42. The van der Waals surface area contributed by atoms with Crippen LogP contribution in [0.25, 0.3) is 0 Å². The number of aryl methyl sites for hydroxylation is 4. The van der Waals surface area contributed by atoms with E-state index in [9.17, 15) is 0 Å². The van der Waals surface area contributed by atoms with Crippen LogP contribution < -0.4 is 0 Å². The van der Waals surface area contributed by atoms with Gasteiger partial charge in [0.05, 0.1) is 0 Å². The van der Waals surface area contributed by atoms with Gasteiger partial charge in [0.25, 0.3) is 0 Å². The van der Waals surface area contributed by atoms with E-state index in [4.69, 9.17) is 0 Å². The van der Waals surface area contributed by atoms with Crippen LogP contribution in [0, 0.1) is 0 Å². The van der Waals surface area contributed by atoms with E-state index in [1.54, 1.807) is 0 Å². The van der Waals surface area contributed by atoms with E-state index in [0.29, 0.717) is 11.8 Å². The fourth-order valence-corrected chi connectivity index (χ4v) is 6.96. The predicted molar refractivity (Wildman–Crippen MR) is 158 cm³/mol. The van der Waals surface area contributed by atoms with E-state index < -0.39 is 0 Å². The van der Waals surface area contributed by atoms with Crippen molar-refractivity contribution >= 4 is 0 Å². The molecule has 0 radical (unpaired) electrons. The van der Waals surface area contributed by atoms with Gasteiger partial charge in [0.2, 0.25) is 0 Å². The monoisotopic (exact) mass is 490 g/mol. The molecule has 0 N–H and O–H groups in total. The van der Waals surface area contributed by atoms with Crippen LogP contribution >= 0.6 is 0 Å². The molecule has 2 aliphatic carbocycles. The molecule has 38 heavy (non-hydrogen) atoms. The number of hydrogen-bond donors (Lipinski definition) is 0. The summed E-state index contributed by atoms with van der Waals surface area (Å²) >= 11 is 0. The average Bonchev–Trinajstić information content (AvgIpc) is 2.96.